The quantitative estimate of drug-likeness (QED) is 0.766. The molecule has 88 valence electrons. The van der Waals surface area contributed by atoms with Gasteiger partial charge in [-0.05, 0) is 51.6 Å². The van der Waals surface area contributed by atoms with E-state index in [1.165, 1.54) is 51.6 Å². The number of hydrogen-bond acceptors (Lipinski definition) is 2. The first kappa shape index (κ1) is 11.4. The van der Waals surface area contributed by atoms with Crippen molar-refractivity contribution in [2.45, 2.75) is 70.5 Å². The van der Waals surface area contributed by atoms with Crippen LogP contribution in [-0.4, -0.2) is 36.1 Å². The van der Waals surface area contributed by atoms with E-state index in [0.717, 1.165) is 18.1 Å². The molecule has 1 N–H and O–H groups in total. The molecule has 2 aliphatic heterocycles. The fourth-order valence-corrected chi connectivity index (χ4v) is 3.50. The third kappa shape index (κ3) is 2.36. The van der Waals surface area contributed by atoms with Gasteiger partial charge in [0.2, 0.25) is 0 Å². The van der Waals surface area contributed by atoms with Crippen LogP contribution in [0.15, 0.2) is 0 Å². The Labute approximate surface area is 94.4 Å². The van der Waals surface area contributed by atoms with E-state index < -0.39 is 0 Å². The van der Waals surface area contributed by atoms with Gasteiger partial charge in [-0.1, -0.05) is 13.8 Å². The molecule has 0 saturated carbocycles. The van der Waals surface area contributed by atoms with Gasteiger partial charge < -0.3 is 5.32 Å². The summed E-state index contributed by atoms with van der Waals surface area (Å²) in [6.07, 6.45) is 8.27. The normalized spacial score (nSPS) is 33.0. The summed E-state index contributed by atoms with van der Waals surface area (Å²) in [5, 5.41) is 3.69. The van der Waals surface area contributed by atoms with Crippen LogP contribution in [0.25, 0.3) is 0 Å². The second-order valence-electron chi connectivity index (χ2n) is 5.12. The molecule has 0 radical (unpaired) electrons. The molecule has 0 bridgehead atoms. The summed E-state index contributed by atoms with van der Waals surface area (Å²) in [5.41, 5.74) is 0. The minimum atomic E-state index is 0.799. The predicted octanol–water partition coefficient (Wildman–Crippen LogP) is 2.39. The van der Waals surface area contributed by atoms with E-state index in [-0.39, 0.29) is 0 Å². The van der Waals surface area contributed by atoms with E-state index in [0.29, 0.717) is 0 Å². The zero-order valence-corrected chi connectivity index (χ0v) is 10.3. The molecule has 2 heterocycles. The largest absolute Gasteiger partial charge is 0.312 e. The second kappa shape index (κ2) is 5.31. The lowest BCUT2D eigenvalue weighted by Crippen LogP contribution is -2.48. The third-order valence-corrected chi connectivity index (χ3v) is 4.32. The lowest BCUT2D eigenvalue weighted by atomic mass is 10.0. The number of nitrogens with one attached hydrogen (secondary N) is 1. The van der Waals surface area contributed by atoms with Gasteiger partial charge in [0.1, 0.15) is 0 Å². The molecule has 0 amide bonds. The Morgan fingerprint density at radius 1 is 1.20 bits per heavy atom. The van der Waals surface area contributed by atoms with Crippen molar-refractivity contribution in [2.75, 3.05) is 13.1 Å². The minimum Gasteiger partial charge on any atom is -0.312 e. The van der Waals surface area contributed by atoms with Crippen LogP contribution in [0.4, 0.5) is 0 Å². The Balaban J connectivity index is 1.97. The highest BCUT2D eigenvalue weighted by atomic mass is 15.2. The van der Waals surface area contributed by atoms with E-state index in [9.17, 15) is 0 Å². The first-order valence-corrected chi connectivity index (χ1v) is 6.86. The standard InChI is InChI=1S/C13H26N2/c1-3-11(4-2)15-10-6-8-13(15)12-7-5-9-14-12/h11-14H,3-10H2,1-2H3/t12-,13-/m0/s1. The summed E-state index contributed by atoms with van der Waals surface area (Å²) >= 11 is 0. The van der Waals surface area contributed by atoms with E-state index >= 15 is 0 Å². The van der Waals surface area contributed by atoms with Gasteiger partial charge in [-0.25, -0.2) is 0 Å². The molecule has 2 nitrogen and oxygen atoms in total. The number of hydrogen-bond donors (Lipinski definition) is 1. The molecule has 0 aromatic rings. The van der Waals surface area contributed by atoms with E-state index in [1.807, 2.05) is 0 Å². The van der Waals surface area contributed by atoms with Gasteiger partial charge in [-0.3, -0.25) is 4.90 Å². The average Bonchev–Trinajstić information content (AvgIpc) is 2.88. The van der Waals surface area contributed by atoms with E-state index in [2.05, 4.69) is 24.1 Å². The predicted molar refractivity (Wildman–Crippen MR) is 65.1 cm³/mol. The molecule has 2 saturated heterocycles. The summed E-state index contributed by atoms with van der Waals surface area (Å²) in [5.74, 6) is 0. The van der Waals surface area contributed by atoms with Crippen molar-refractivity contribution in [1.82, 2.24) is 10.2 Å². The van der Waals surface area contributed by atoms with Crippen molar-refractivity contribution in [3.8, 4) is 0 Å². The molecular weight excluding hydrogens is 184 g/mol. The molecule has 0 spiro atoms. The summed E-state index contributed by atoms with van der Waals surface area (Å²) in [6.45, 7) is 7.27. The van der Waals surface area contributed by atoms with Gasteiger partial charge in [0.15, 0.2) is 0 Å². The van der Waals surface area contributed by atoms with Crippen LogP contribution in [0.1, 0.15) is 52.4 Å². The molecule has 0 unspecified atom stereocenters. The number of nitrogens with zero attached hydrogens (tertiary/aromatic N) is 1. The molecule has 2 rings (SSSR count). The minimum absolute atomic E-state index is 0.799. The molecule has 2 fully saturated rings. The summed E-state index contributed by atoms with van der Waals surface area (Å²) in [6, 6.07) is 2.48. The van der Waals surface area contributed by atoms with Gasteiger partial charge in [-0.15, -0.1) is 0 Å². The Morgan fingerprint density at radius 2 is 2.00 bits per heavy atom. The first-order valence-electron chi connectivity index (χ1n) is 6.86. The van der Waals surface area contributed by atoms with Crippen LogP contribution in [-0.2, 0) is 0 Å². The number of likely N-dealkylation sites (tertiary alicyclic amines) is 1. The summed E-state index contributed by atoms with van der Waals surface area (Å²) in [4.78, 5) is 2.79. The Hall–Kier alpha value is -0.0800. The van der Waals surface area contributed by atoms with Crippen molar-refractivity contribution in [3.63, 3.8) is 0 Å². The van der Waals surface area contributed by atoms with Crippen molar-refractivity contribution in [2.24, 2.45) is 0 Å². The van der Waals surface area contributed by atoms with Crippen LogP contribution >= 0.6 is 0 Å². The van der Waals surface area contributed by atoms with Gasteiger partial charge in [-0.2, -0.15) is 0 Å². The highest BCUT2D eigenvalue weighted by Crippen LogP contribution is 2.28. The van der Waals surface area contributed by atoms with Crippen LogP contribution < -0.4 is 5.32 Å². The Bertz CT molecular complexity index is 175. The SMILES string of the molecule is CCC(CC)N1CCC[C@H]1[C@@H]1CCCN1. The molecule has 0 aromatic carbocycles. The molecular formula is C13H26N2. The van der Waals surface area contributed by atoms with Crippen LogP contribution in [0.3, 0.4) is 0 Å². The summed E-state index contributed by atoms with van der Waals surface area (Å²) in [7, 11) is 0. The summed E-state index contributed by atoms with van der Waals surface area (Å²) < 4.78 is 0. The zero-order valence-electron chi connectivity index (χ0n) is 10.3. The van der Waals surface area contributed by atoms with Crippen molar-refractivity contribution in [3.05, 3.63) is 0 Å². The average molecular weight is 210 g/mol. The maximum atomic E-state index is 3.69. The van der Waals surface area contributed by atoms with Crippen molar-refractivity contribution >= 4 is 0 Å². The maximum Gasteiger partial charge on any atom is 0.0252 e. The topological polar surface area (TPSA) is 15.3 Å². The molecule has 2 atom stereocenters. The van der Waals surface area contributed by atoms with Crippen molar-refractivity contribution < 1.29 is 0 Å². The second-order valence-corrected chi connectivity index (χ2v) is 5.12. The molecule has 0 aromatic heterocycles. The maximum absolute atomic E-state index is 3.69. The van der Waals surface area contributed by atoms with E-state index in [4.69, 9.17) is 0 Å². The Kier molecular flexibility index (Phi) is 4.04. The van der Waals surface area contributed by atoms with E-state index in [1.54, 1.807) is 0 Å². The number of rotatable bonds is 4. The Morgan fingerprint density at radius 3 is 2.60 bits per heavy atom. The third-order valence-electron chi connectivity index (χ3n) is 4.32. The lowest BCUT2D eigenvalue weighted by Gasteiger charge is -2.35. The molecule has 2 aliphatic rings. The van der Waals surface area contributed by atoms with Gasteiger partial charge >= 0.3 is 0 Å². The smallest absolute Gasteiger partial charge is 0.0252 e. The first-order chi connectivity index (χ1) is 7.36. The van der Waals surface area contributed by atoms with Gasteiger partial charge in [0.25, 0.3) is 0 Å². The fraction of sp³-hybridized carbons (Fsp3) is 1.00. The zero-order chi connectivity index (χ0) is 10.7. The van der Waals surface area contributed by atoms with Gasteiger partial charge in [0, 0.05) is 18.1 Å². The lowest BCUT2D eigenvalue weighted by molar-refractivity contribution is 0.145. The van der Waals surface area contributed by atoms with Crippen LogP contribution in [0.5, 0.6) is 0 Å². The highest BCUT2D eigenvalue weighted by Gasteiger charge is 2.35. The molecule has 0 aliphatic carbocycles. The highest BCUT2D eigenvalue weighted by molar-refractivity contribution is 4.94. The van der Waals surface area contributed by atoms with Crippen molar-refractivity contribution in [1.29, 1.82) is 0 Å². The van der Waals surface area contributed by atoms with Crippen LogP contribution in [0, 0.1) is 0 Å². The fourth-order valence-electron chi connectivity index (χ4n) is 3.50. The molecule has 2 heteroatoms. The van der Waals surface area contributed by atoms with Crippen LogP contribution in [0.2, 0.25) is 0 Å². The molecule has 15 heavy (non-hydrogen) atoms. The van der Waals surface area contributed by atoms with Gasteiger partial charge in [0.05, 0.1) is 0 Å². The monoisotopic (exact) mass is 210 g/mol.